The summed E-state index contributed by atoms with van der Waals surface area (Å²) in [6.45, 7) is 1.71. The first-order valence-corrected chi connectivity index (χ1v) is 7.08. The van der Waals surface area contributed by atoms with E-state index in [-0.39, 0.29) is 17.2 Å². The van der Waals surface area contributed by atoms with E-state index in [0.717, 1.165) is 25.9 Å². The normalized spacial score (nSPS) is 18.3. The Balaban J connectivity index is 2.03. The van der Waals surface area contributed by atoms with Crippen molar-refractivity contribution in [3.63, 3.8) is 0 Å². The largest absolute Gasteiger partial charge is 0.396 e. The average molecular weight is 287 g/mol. The van der Waals surface area contributed by atoms with Crippen LogP contribution in [0.3, 0.4) is 0 Å². The summed E-state index contributed by atoms with van der Waals surface area (Å²) in [6, 6.07) is 7.08. The number of nitro groups is 1. The van der Waals surface area contributed by atoms with Gasteiger partial charge in [-0.3, -0.25) is 15.1 Å². The Labute approximate surface area is 122 Å². The Hall–Kier alpha value is -2.21. The lowest BCUT2D eigenvalue weighted by atomic mass is 10.1. The molecule has 1 aromatic carbocycles. The molecule has 0 spiro atoms. The molecule has 2 heterocycles. The number of pyridine rings is 1. The molecule has 0 bridgehead atoms. The maximum atomic E-state index is 11.5. The third kappa shape index (κ3) is 2.54. The zero-order chi connectivity index (χ0) is 14.8. The van der Waals surface area contributed by atoms with E-state index in [2.05, 4.69) is 4.98 Å². The fourth-order valence-corrected chi connectivity index (χ4v) is 3.04. The molecule has 21 heavy (non-hydrogen) atoms. The van der Waals surface area contributed by atoms with Crippen LogP contribution in [0.2, 0.25) is 0 Å². The van der Waals surface area contributed by atoms with Crippen molar-refractivity contribution in [1.82, 2.24) is 4.98 Å². The molecule has 0 saturated carbocycles. The molecule has 0 aliphatic carbocycles. The van der Waals surface area contributed by atoms with E-state index in [0.29, 0.717) is 22.5 Å². The van der Waals surface area contributed by atoms with Gasteiger partial charge in [0.05, 0.1) is 15.8 Å². The van der Waals surface area contributed by atoms with Crippen LogP contribution < -0.4 is 4.90 Å². The molecular formula is C15H17N3O3. The highest BCUT2D eigenvalue weighted by Crippen LogP contribution is 2.37. The number of nitrogens with zero attached hydrogens (tertiary/aromatic N) is 3. The van der Waals surface area contributed by atoms with E-state index in [1.165, 1.54) is 0 Å². The average Bonchev–Trinajstić information content (AvgIpc) is 2.94. The zero-order valence-corrected chi connectivity index (χ0v) is 11.6. The number of anilines is 1. The number of hydrogen-bond donors (Lipinski definition) is 1. The molecule has 1 saturated heterocycles. The molecule has 2 aromatic rings. The molecule has 1 aromatic heterocycles. The van der Waals surface area contributed by atoms with Crippen LogP contribution >= 0.6 is 0 Å². The van der Waals surface area contributed by atoms with E-state index in [4.69, 9.17) is 5.11 Å². The monoisotopic (exact) mass is 287 g/mol. The van der Waals surface area contributed by atoms with Gasteiger partial charge in [-0.05, 0) is 43.0 Å². The highest BCUT2D eigenvalue weighted by atomic mass is 16.6. The van der Waals surface area contributed by atoms with Crippen molar-refractivity contribution in [2.45, 2.75) is 12.8 Å². The van der Waals surface area contributed by atoms with Crippen LogP contribution in [0, 0.1) is 16.0 Å². The summed E-state index contributed by atoms with van der Waals surface area (Å²) in [5.41, 5.74) is 1.42. The summed E-state index contributed by atoms with van der Waals surface area (Å²) in [6.07, 6.45) is 3.35. The van der Waals surface area contributed by atoms with E-state index >= 15 is 0 Å². The van der Waals surface area contributed by atoms with Gasteiger partial charge >= 0.3 is 5.69 Å². The van der Waals surface area contributed by atoms with Crippen molar-refractivity contribution in [2.75, 3.05) is 24.6 Å². The third-order valence-electron chi connectivity index (χ3n) is 4.08. The third-order valence-corrected chi connectivity index (χ3v) is 4.08. The van der Waals surface area contributed by atoms with Gasteiger partial charge in [0, 0.05) is 25.9 Å². The maximum Gasteiger partial charge on any atom is 0.301 e. The fourth-order valence-electron chi connectivity index (χ4n) is 3.04. The van der Waals surface area contributed by atoms with E-state index in [1.807, 2.05) is 11.0 Å². The molecule has 3 rings (SSSR count). The van der Waals surface area contributed by atoms with E-state index < -0.39 is 0 Å². The second-order valence-corrected chi connectivity index (χ2v) is 5.37. The molecule has 1 unspecified atom stereocenters. The lowest BCUT2D eigenvalue weighted by Crippen LogP contribution is -2.21. The van der Waals surface area contributed by atoms with Gasteiger partial charge in [0.15, 0.2) is 0 Å². The first-order chi connectivity index (χ1) is 10.2. The van der Waals surface area contributed by atoms with E-state index in [1.54, 1.807) is 24.4 Å². The summed E-state index contributed by atoms with van der Waals surface area (Å²) in [4.78, 5) is 17.4. The van der Waals surface area contributed by atoms with E-state index in [9.17, 15) is 10.1 Å². The van der Waals surface area contributed by atoms with Crippen LogP contribution in [0.15, 0.2) is 30.5 Å². The number of fused-ring (bicyclic) bond motifs is 1. The number of hydrogen-bond acceptors (Lipinski definition) is 5. The van der Waals surface area contributed by atoms with Crippen LogP contribution in [-0.2, 0) is 0 Å². The Morgan fingerprint density at radius 2 is 2.29 bits per heavy atom. The summed E-state index contributed by atoms with van der Waals surface area (Å²) in [7, 11) is 0. The molecule has 1 atom stereocenters. The summed E-state index contributed by atoms with van der Waals surface area (Å²) in [5.74, 6) is 0.402. The molecule has 1 aliphatic rings. The van der Waals surface area contributed by atoms with Crippen LogP contribution in [0.4, 0.5) is 11.4 Å². The molecule has 1 aliphatic heterocycles. The molecule has 6 nitrogen and oxygen atoms in total. The van der Waals surface area contributed by atoms with Gasteiger partial charge in [0.25, 0.3) is 0 Å². The first kappa shape index (κ1) is 13.8. The van der Waals surface area contributed by atoms with Crippen molar-refractivity contribution in [3.8, 4) is 0 Å². The Morgan fingerprint density at radius 1 is 1.43 bits per heavy atom. The van der Waals surface area contributed by atoms with Crippen LogP contribution in [0.5, 0.6) is 0 Å². The second-order valence-electron chi connectivity index (χ2n) is 5.37. The smallest absolute Gasteiger partial charge is 0.301 e. The van der Waals surface area contributed by atoms with Gasteiger partial charge in [0.1, 0.15) is 5.69 Å². The highest BCUT2D eigenvalue weighted by Gasteiger charge is 2.28. The molecule has 0 radical (unpaired) electrons. The standard InChI is InChI=1S/C15H17N3O3/c19-9-6-11-5-8-17(10-11)14-4-3-13-12(2-1-7-16-13)15(14)18(20)21/h1-4,7,11,19H,5-6,8-10H2. The second kappa shape index (κ2) is 5.65. The first-order valence-electron chi connectivity index (χ1n) is 7.08. The predicted molar refractivity (Wildman–Crippen MR) is 80.4 cm³/mol. The van der Waals surface area contributed by atoms with Crippen molar-refractivity contribution in [3.05, 3.63) is 40.6 Å². The maximum absolute atomic E-state index is 11.5. The SMILES string of the molecule is O=[N+]([O-])c1c(N2CCC(CCO)C2)ccc2ncccc12. The lowest BCUT2D eigenvalue weighted by molar-refractivity contribution is -0.382. The fraction of sp³-hybridized carbons (Fsp3) is 0.400. The summed E-state index contributed by atoms with van der Waals surface area (Å²) >= 11 is 0. The van der Waals surface area contributed by atoms with Gasteiger partial charge in [-0.1, -0.05) is 0 Å². The Morgan fingerprint density at radius 3 is 3.05 bits per heavy atom. The van der Waals surface area contributed by atoms with Gasteiger partial charge in [-0.15, -0.1) is 0 Å². The Kier molecular flexibility index (Phi) is 3.70. The zero-order valence-electron chi connectivity index (χ0n) is 11.6. The highest BCUT2D eigenvalue weighted by molar-refractivity contribution is 5.94. The number of aliphatic hydroxyl groups excluding tert-OH is 1. The minimum absolute atomic E-state index is 0.130. The minimum Gasteiger partial charge on any atom is -0.396 e. The van der Waals surface area contributed by atoms with Crippen molar-refractivity contribution < 1.29 is 10.0 Å². The summed E-state index contributed by atoms with van der Waals surface area (Å²) in [5, 5.41) is 21.1. The number of nitro benzene ring substituents is 1. The molecule has 1 N–H and O–H groups in total. The predicted octanol–water partition coefficient (Wildman–Crippen LogP) is 2.35. The summed E-state index contributed by atoms with van der Waals surface area (Å²) < 4.78 is 0. The molecule has 1 fully saturated rings. The number of rotatable bonds is 4. The van der Waals surface area contributed by atoms with Crippen LogP contribution in [0.25, 0.3) is 10.9 Å². The van der Waals surface area contributed by atoms with Crippen LogP contribution in [0.1, 0.15) is 12.8 Å². The van der Waals surface area contributed by atoms with Crippen molar-refractivity contribution in [2.24, 2.45) is 5.92 Å². The van der Waals surface area contributed by atoms with Crippen molar-refractivity contribution in [1.29, 1.82) is 0 Å². The van der Waals surface area contributed by atoms with Gasteiger partial charge in [0.2, 0.25) is 0 Å². The minimum atomic E-state index is -0.321. The molecule has 6 heteroatoms. The Bertz CT molecular complexity index is 674. The quantitative estimate of drug-likeness (QED) is 0.689. The number of aromatic nitrogens is 1. The van der Waals surface area contributed by atoms with Crippen LogP contribution in [-0.4, -0.2) is 34.7 Å². The topological polar surface area (TPSA) is 79.5 Å². The molecule has 0 amide bonds. The van der Waals surface area contributed by atoms with Gasteiger partial charge < -0.3 is 10.0 Å². The molecular weight excluding hydrogens is 270 g/mol. The van der Waals surface area contributed by atoms with Gasteiger partial charge in [-0.2, -0.15) is 0 Å². The van der Waals surface area contributed by atoms with Crippen molar-refractivity contribution >= 4 is 22.3 Å². The lowest BCUT2D eigenvalue weighted by Gasteiger charge is -2.19. The van der Waals surface area contributed by atoms with Gasteiger partial charge in [-0.25, -0.2) is 0 Å². The molecule has 110 valence electrons. The number of aliphatic hydroxyl groups is 1. The number of benzene rings is 1.